The van der Waals surface area contributed by atoms with Crippen molar-refractivity contribution in [2.45, 2.75) is 39.2 Å². The highest BCUT2D eigenvalue weighted by molar-refractivity contribution is 6.02. The zero-order valence-corrected chi connectivity index (χ0v) is 13.3. The van der Waals surface area contributed by atoms with E-state index in [2.05, 4.69) is 61.5 Å². The summed E-state index contributed by atoms with van der Waals surface area (Å²) in [4.78, 5) is 0. The van der Waals surface area contributed by atoms with E-state index in [1.54, 1.807) is 0 Å². The quantitative estimate of drug-likeness (QED) is 0.378. The standard InChI is InChI=1S/C21H24O/c1-2-3-4-9-14-22-16-21-19-12-7-5-10-17(19)15-18-11-6-8-13-20(18)21/h5-8,10-13,15H,2-4,9,14,16H2,1H3. The van der Waals surface area contributed by atoms with Crippen molar-refractivity contribution in [1.82, 2.24) is 0 Å². The highest BCUT2D eigenvalue weighted by atomic mass is 16.5. The van der Waals surface area contributed by atoms with E-state index in [-0.39, 0.29) is 0 Å². The summed E-state index contributed by atoms with van der Waals surface area (Å²) >= 11 is 0. The van der Waals surface area contributed by atoms with Gasteiger partial charge in [-0.2, -0.15) is 0 Å². The Morgan fingerprint density at radius 2 is 1.41 bits per heavy atom. The Morgan fingerprint density at radius 3 is 2.05 bits per heavy atom. The fraction of sp³-hybridized carbons (Fsp3) is 0.333. The van der Waals surface area contributed by atoms with Gasteiger partial charge in [0.25, 0.3) is 0 Å². The summed E-state index contributed by atoms with van der Waals surface area (Å²) < 4.78 is 5.98. The summed E-state index contributed by atoms with van der Waals surface area (Å²) in [5, 5.41) is 5.22. The molecule has 0 bridgehead atoms. The second-order valence-electron chi connectivity index (χ2n) is 5.91. The molecule has 0 heterocycles. The van der Waals surface area contributed by atoms with Crippen molar-refractivity contribution in [1.29, 1.82) is 0 Å². The Bertz CT molecular complexity index is 691. The lowest BCUT2D eigenvalue weighted by Crippen LogP contribution is -1.98. The number of hydrogen-bond acceptors (Lipinski definition) is 1. The van der Waals surface area contributed by atoms with Gasteiger partial charge in [-0.1, -0.05) is 74.7 Å². The highest BCUT2D eigenvalue weighted by Crippen LogP contribution is 2.29. The number of rotatable bonds is 7. The number of benzene rings is 3. The van der Waals surface area contributed by atoms with Crippen molar-refractivity contribution < 1.29 is 4.74 Å². The van der Waals surface area contributed by atoms with Crippen LogP contribution in [0.5, 0.6) is 0 Å². The van der Waals surface area contributed by atoms with E-state index in [1.807, 2.05) is 0 Å². The zero-order chi connectivity index (χ0) is 15.2. The second-order valence-corrected chi connectivity index (χ2v) is 5.91. The Kier molecular flexibility index (Phi) is 5.07. The van der Waals surface area contributed by atoms with Gasteiger partial charge in [0.1, 0.15) is 0 Å². The number of unbranched alkanes of at least 4 members (excludes halogenated alkanes) is 3. The Morgan fingerprint density at radius 1 is 0.773 bits per heavy atom. The molecule has 0 aliphatic carbocycles. The fourth-order valence-electron chi connectivity index (χ4n) is 3.07. The topological polar surface area (TPSA) is 9.23 Å². The van der Waals surface area contributed by atoms with Crippen LogP contribution in [0.15, 0.2) is 54.6 Å². The van der Waals surface area contributed by atoms with Crippen LogP contribution in [0.2, 0.25) is 0 Å². The van der Waals surface area contributed by atoms with Gasteiger partial charge < -0.3 is 4.74 Å². The van der Waals surface area contributed by atoms with Gasteiger partial charge in [-0.15, -0.1) is 0 Å². The third-order valence-electron chi connectivity index (χ3n) is 4.27. The normalized spacial score (nSPS) is 11.3. The van der Waals surface area contributed by atoms with Crippen molar-refractivity contribution in [2.75, 3.05) is 6.61 Å². The minimum Gasteiger partial charge on any atom is -0.377 e. The summed E-state index contributed by atoms with van der Waals surface area (Å²) in [6.45, 7) is 3.80. The van der Waals surface area contributed by atoms with Crippen molar-refractivity contribution in [3.8, 4) is 0 Å². The van der Waals surface area contributed by atoms with E-state index < -0.39 is 0 Å². The first kappa shape index (κ1) is 15.1. The maximum atomic E-state index is 5.98. The molecular weight excluding hydrogens is 268 g/mol. The molecule has 0 fully saturated rings. The lowest BCUT2D eigenvalue weighted by Gasteiger charge is -2.12. The van der Waals surface area contributed by atoms with E-state index in [1.165, 1.54) is 46.4 Å². The van der Waals surface area contributed by atoms with Crippen LogP contribution in [0.25, 0.3) is 21.5 Å². The number of hydrogen-bond donors (Lipinski definition) is 0. The molecule has 1 heteroatoms. The predicted octanol–water partition coefficient (Wildman–Crippen LogP) is 6.09. The molecule has 0 radical (unpaired) electrons. The van der Waals surface area contributed by atoms with Crippen LogP contribution in [0.1, 0.15) is 38.2 Å². The van der Waals surface area contributed by atoms with E-state index in [0.29, 0.717) is 6.61 Å². The van der Waals surface area contributed by atoms with Crippen LogP contribution in [0, 0.1) is 0 Å². The average Bonchev–Trinajstić information content (AvgIpc) is 2.57. The molecule has 0 aliphatic heterocycles. The molecule has 3 rings (SSSR count). The molecule has 0 saturated heterocycles. The first-order valence-electron chi connectivity index (χ1n) is 8.37. The largest absolute Gasteiger partial charge is 0.377 e. The van der Waals surface area contributed by atoms with E-state index in [4.69, 9.17) is 4.74 Å². The van der Waals surface area contributed by atoms with Crippen LogP contribution in [-0.4, -0.2) is 6.61 Å². The van der Waals surface area contributed by atoms with Crippen molar-refractivity contribution in [3.63, 3.8) is 0 Å². The lowest BCUT2D eigenvalue weighted by atomic mass is 9.97. The first-order valence-corrected chi connectivity index (χ1v) is 8.37. The van der Waals surface area contributed by atoms with Crippen LogP contribution in [-0.2, 0) is 11.3 Å². The number of ether oxygens (including phenoxy) is 1. The molecule has 0 atom stereocenters. The molecule has 0 saturated carbocycles. The highest BCUT2D eigenvalue weighted by Gasteiger charge is 2.07. The third-order valence-corrected chi connectivity index (χ3v) is 4.27. The van der Waals surface area contributed by atoms with Gasteiger partial charge in [0.2, 0.25) is 0 Å². The molecule has 0 unspecified atom stereocenters. The van der Waals surface area contributed by atoms with Crippen molar-refractivity contribution >= 4 is 21.5 Å². The van der Waals surface area contributed by atoms with Gasteiger partial charge in [0, 0.05) is 6.61 Å². The molecular formula is C21H24O. The number of fused-ring (bicyclic) bond motifs is 2. The van der Waals surface area contributed by atoms with Gasteiger partial charge in [0.15, 0.2) is 0 Å². The van der Waals surface area contributed by atoms with Crippen molar-refractivity contribution in [3.05, 3.63) is 60.2 Å². The maximum absolute atomic E-state index is 5.98. The zero-order valence-electron chi connectivity index (χ0n) is 13.3. The third kappa shape index (κ3) is 3.31. The Hall–Kier alpha value is -1.86. The van der Waals surface area contributed by atoms with Crippen molar-refractivity contribution in [2.24, 2.45) is 0 Å². The monoisotopic (exact) mass is 292 g/mol. The van der Waals surface area contributed by atoms with Crippen LogP contribution in [0.3, 0.4) is 0 Å². The maximum Gasteiger partial charge on any atom is 0.0728 e. The lowest BCUT2D eigenvalue weighted by molar-refractivity contribution is 0.118. The van der Waals surface area contributed by atoms with Gasteiger partial charge in [0.05, 0.1) is 6.61 Å². The molecule has 0 spiro atoms. The molecule has 0 aromatic heterocycles. The SMILES string of the molecule is CCCCCCOCc1c2ccccc2cc2ccccc12. The van der Waals surface area contributed by atoms with Crippen LogP contribution in [0.4, 0.5) is 0 Å². The summed E-state index contributed by atoms with van der Waals surface area (Å²) in [6, 6.07) is 19.5. The van der Waals surface area contributed by atoms with Gasteiger partial charge >= 0.3 is 0 Å². The smallest absolute Gasteiger partial charge is 0.0728 e. The molecule has 3 aromatic rings. The molecule has 22 heavy (non-hydrogen) atoms. The van der Waals surface area contributed by atoms with E-state index >= 15 is 0 Å². The Labute approximate surface area is 132 Å². The first-order chi connectivity index (χ1) is 10.9. The van der Waals surface area contributed by atoms with Gasteiger partial charge in [-0.05, 0) is 39.6 Å². The van der Waals surface area contributed by atoms with Gasteiger partial charge in [-0.3, -0.25) is 0 Å². The Balaban J connectivity index is 1.85. The average molecular weight is 292 g/mol. The van der Waals surface area contributed by atoms with E-state index in [9.17, 15) is 0 Å². The molecule has 0 amide bonds. The molecule has 0 aliphatic rings. The van der Waals surface area contributed by atoms with Crippen LogP contribution < -0.4 is 0 Å². The predicted molar refractivity (Wildman–Crippen MR) is 95.3 cm³/mol. The minimum absolute atomic E-state index is 0.702. The summed E-state index contributed by atoms with van der Waals surface area (Å²) in [7, 11) is 0. The molecule has 3 aromatic carbocycles. The summed E-state index contributed by atoms with van der Waals surface area (Å²) in [5.74, 6) is 0. The second kappa shape index (κ2) is 7.42. The summed E-state index contributed by atoms with van der Waals surface area (Å²) in [6.07, 6.45) is 5.01. The molecule has 0 N–H and O–H groups in total. The molecule has 1 nitrogen and oxygen atoms in total. The molecule has 114 valence electrons. The summed E-state index contributed by atoms with van der Waals surface area (Å²) in [5.41, 5.74) is 1.32. The van der Waals surface area contributed by atoms with E-state index in [0.717, 1.165) is 13.0 Å². The van der Waals surface area contributed by atoms with Gasteiger partial charge in [-0.25, -0.2) is 0 Å². The minimum atomic E-state index is 0.702. The fourth-order valence-corrected chi connectivity index (χ4v) is 3.07. The van der Waals surface area contributed by atoms with Crippen LogP contribution >= 0.6 is 0 Å².